The second kappa shape index (κ2) is 4.44. The van der Waals surface area contributed by atoms with Crippen molar-refractivity contribution in [3.8, 4) is 0 Å². The van der Waals surface area contributed by atoms with E-state index in [4.69, 9.17) is 4.74 Å². The molecule has 1 aliphatic rings. The third-order valence-electron chi connectivity index (χ3n) is 2.60. The summed E-state index contributed by atoms with van der Waals surface area (Å²) in [5, 5.41) is 4.68. The van der Waals surface area contributed by atoms with Crippen molar-refractivity contribution < 1.29 is 14.3 Å². The summed E-state index contributed by atoms with van der Waals surface area (Å²) in [6.07, 6.45) is 1.99. The average molecular weight is 254 g/mol. The maximum absolute atomic E-state index is 11.8. The number of aromatic nitrogens is 1. The highest BCUT2D eigenvalue weighted by molar-refractivity contribution is 7.11. The molecule has 5 nitrogen and oxygen atoms in total. The predicted octanol–water partition coefficient (Wildman–Crippen LogP) is 1.60. The van der Waals surface area contributed by atoms with Crippen LogP contribution in [0.4, 0.5) is 0 Å². The van der Waals surface area contributed by atoms with Crippen molar-refractivity contribution >= 4 is 23.2 Å². The Bertz CT molecular complexity index is 451. The van der Waals surface area contributed by atoms with Crippen molar-refractivity contribution in [2.24, 2.45) is 0 Å². The second-order valence-electron chi connectivity index (χ2n) is 4.27. The van der Waals surface area contributed by atoms with Crippen molar-refractivity contribution in [2.45, 2.75) is 32.2 Å². The quantitative estimate of drug-likeness (QED) is 0.829. The van der Waals surface area contributed by atoms with Crippen molar-refractivity contribution in [3.05, 3.63) is 16.1 Å². The molecule has 1 saturated carbocycles. The van der Waals surface area contributed by atoms with Crippen LogP contribution in [0.3, 0.4) is 0 Å². The van der Waals surface area contributed by atoms with E-state index >= 15 is 0 Å². The molecule has 1 fully saturated rings. The van der Waals surface area contributed by atoms with E-state index in [0.29, 0.717) is 6.61 Å². The van der Waals surface area contributed by atoms with Crippen LogP contribution in [0, 0.1) is 0 Å². The number of esters is 1. The molecule has 0 unspecified atom stereocenters. The first-order valence-corrected chi connectivity index (χ1v) is 6.37. The molecule has 0 radical (unpaired) electrons. The van der Waals surface area contributed by atoms with E-state index in [1.54, 1.807) is 12.3 Å². The Morgan fingerprint density at radius 1 is 1.59 bits per heavy atom. The molecule has 1 N–H and O–H groups in total. The number of ether oxygens (including phenoxy) is 1. The molecule has 1 aromatic heterocycles. The van der Waals surface area contributed by atoms with Gasteiger partial charge < -0.3 is 10.1 Å². The van der Waals surface area contributed by atoms with E-state index in [0.717, 1.165) is 24.2 Å². The summed E-state index contributed by atoms with van der Waals surface area (Å²) in [5.74, 6) is -0.703. The molecule has 6 heteroatoms. The van der Waals surface area contributed by atoms with Gasteiger partial charge in [-0.25, -0.2) is 9.78 Å². The lowest BCUT2D eigenvalue weighted by Crippen LogP contribution is -2.34. The van der Waals surface area contributed by atoms with Gasteiger partial charge in [-0.2, -0.15) is 0 Å². The lowest BCUT2D eigenvalue weighted by Gasteiger charge is -2.09. The topological polar surface area (TPSA) is 68.3 Å². The third-order valence-corrected chi connectivity index (χ3v) is 3.42. The maximum Gasteiger partial charge on any atom is 0.367 e. The Balaban J connectivity index is 2.02. The largest absolute Gasteiger partial charge is 0.461 e. The fourth-order valence-electron chi connectivity index (χ4n) is 1.32. The number of carbonyl (C=O) groups excluding carboxylic acids is 2. The van der Waals surface area contributed by atoms with E-state index < -0.39 is 5.97 Å². The van der Waals surface area contributed by atoms with Crippen molar-refractivity contribution in [3.63, 3.8) is 0 Å². The molecule has 0 spiro atoms. The molecule has 1 heterocycles. The Kier molecular flexibility index (Phi) is 3.15. The molecule has 2 rings (SSSR count). The molecule has 1 aliphatic carbocycles. The number of carbonyl (C=O) groups is 2. The zero-order valence-corrected chi connectivity index (χ0v) is 10.6. The van der Waals surface area contributed by atoms with Gasteiger partial charge in [0.15, 0.2) is 0 Å². The lowest BCUT2D eigenvalue weighted by molar-refractivity contribution is 0.0526. The molecule has 0 aliphatic heterocycles. The maximum atomic E-state index is 11.8. The van der Waals surface area contributed by atoms with Gasteiger partial charge in [0, 0.05) is 10.9 Å². The van der Waals surface area contributed by atoms with Crippen molar-refractivity contribution in [1.82, 2.24) is 10.3 Å². The van der Waals surface area contributed by atoms with Crippen LogP contribution in [0.25, 0.3) is 0 Å². The Morgan fingerprint density at radius 2 is 2.29 bits per heavy atom. The summed E-state index contributed by atoms with van der Waals surface area (Å²) >= 11 is 1.13. The van der Waals surface area contributed by atoms with Crippen LogP contribution in [0.5, 0.6) is 0 Å². The first kappa shape index (κ1) is 12.0. The molecule has 17 heavy (non-hydrogen) atoms. The fourth-order valence-corrected chi connectivity index (χ4v) is 2.00. The predicted molar refractivity (Wildman–Crippen MR) is 63.2 cm³/mol. The van der Waals surface area contributed by atoms with Crippen molar-refractivity contribution in [1.29, 1.82) is 0 Å². The van der Waals surface area contributed by atoms with Gasteiger partial charge in [-0.1, -0.05) is 0 Å². The highest BCUT2D eigenvalue weighted by Crippen LogP contribution is 2.34. The van der Waals surface area contributed by atoms with E-state index in [-0.39, 0.29) is 22.1 Å². The van der Waals surface area contributed by atoms with E-state index in [9.17, 15) is 9.59 Å². The second-order valence-corrected chi connectivity index (χ2v) is 5.13. The Labute approximate surface area is 103 Å². The summed E-state index contributed by atoms with van der Waals surface area (Å²) < 4.78 is 4.81. The number of nitrogens with one attached hydrogen (secondary N) is 1. The van der Waals surface area contributed by atoms with Crippen LogP contribution < -0.4 is 5.32 Å². The van der Waals surface area contributed by atoms with E-state index in [1.807, 2.05) is 6.92 Å². The minimum absolute atomic E-state index is 0.0786. The monoisotopic (exact) mass is 254 g/mol. The minimum Gasteiger partial charge on any atom is -0.461 e. The summed E-state index contributed by atoms with van der Waals surface area (Å²) in [6, 6.07) is 0. The van der Waals surface area contributed by atoms with Gasteiger partial charge in [0.05, 0.1) is 6.61 Å². The first-order valence-electron chi connectivity index (χ1n) is 5.49. The fraction of sp³-hybridized carbons (Fsp3) is 0.545. The smallest absolute Gasteiger partial charge is 0.367 e. The highest BCUT2D eigenvalue weighted by Gasteiger charge is 2.39. The molecule has 1 aromatic rings. The van der Waals surface area contributed by atoms with Crippen molar-refractivity contribution in [2.75, 3.05) is 6.61 Å². The standard InChI is InChI=1S/C11H14N2O3S/c1-3-16-10(15)9-12-7(6-17-9)8(14)13-11(2)4-5-11/h6H,3-5H2,1-2H3,(H,13,14). The number of nitrogens with zero attached hydrogens (tertiary/aromatic N) is 1. The van der Waals surface area contributed by atoms with Crippen LogP contribution in [-0.4, -0.2) is 29.0 Å². The summed E-state index contributed by atoms with van der Waals surface area (Å²) in [7, 11) is 0. The molecular weight excluding hydrogens is 240 g/mol. The summed E-state index contributed by atoms with van der Waals surface area (Å²) in [4.78, 5) is 27.1. The van der Waals surface area contributed by atoms with Gasteiger partial charge >= 0.3 is 5.97 Å². The molecule has 0 atom stereocenters. The molecule has 92 valence electrons. The molecule has 0 saturated heterocycles. The van der Waals surface area contributed by atoms with Gasteiger partial charge in [-0.15, -0.1) is 11.3 Å². The van der Waals surface area contributed by atoms with Gasteiger partial charge in [0.1, 0.15) is 5.69 Å². The number of thiazole rings is 1. The Morgan fingerprint density at radius 3 is 2.88 bits per heavy atom. The summed E-state index contributed by atoms with van der Waals surface area (Å²) in [5.41, 5.74) is 0.205. The van der Waals surface area contributed by atoms with Gasteiger partial charge in [-0.3, -0.25) is 4.79 Å². The van der Waals surface area contributed by atoms with Crippen LogP contribution in [0.1, 0.15) is 47.0 Å². The lowest BCUT2D eigenvalue weighted by atomic mass is 10.3. The number of rotatable bonds is 4. The van der Waals surface area contributed by atoms with Crippen LogP contribution in [0.2, 0.25) is 0 Å². The van der Waals surface area contributed by atoms with Gasteiger partial charge in [-0.05, 0) is 26.7 Å². The number of hydrogen-bond donors (Lipinski definition) is 1. The molecule has 1 amide bonds. The van der Waals surface area contributed by atoms with Crippen LogP contribution >= 0.6 is 11.3 Å². The minimum atomic E-state index is -0.478. The molecule has 0 aromatic carbocycles. The van der Waals surface area contributed by atoms with Crippen LogP contribution in [-0.2, 0) is 4.74 Å². The zero-order chi connectivity index (χ0) is 12.5. The molecule has 0 bridgehead atoms. The van der Waals surface area contributed by atoms with E-state index in [2.05, 4.69) is 10.3 Å². The number of hydrogen-bond acceptors (Lipinski definition) is 5. The highest BCUT2D eigenvalue weighted by atomic mass is 32.1. The zero-order valence-electron chi connectivity index (χ0n) is 9.78. The van der Waals surface area contributed by atoms with Crippen LogP contribution in [0.15, 0.2) is 5.38 Å². The third kappa shape index (κ3) is 2.82. The Hall–Kier alpha value is -1.43. The normalized spacial score (nSPS) is 16.4. The SMILES string of the molecule is CCOC(=O)c1nc(C(=O)NC2(C)CC2)cs1. The number of amides is 1. The average Bonchev–Trinajstić information content (AvgIpc) is 2.84. The molecular formula is C11H14N2O3S. The van der Waals surface area contributed by atoms with E-state index in [1.165, 1.54) is 0 Å². The summed E-state index contributed by atoms with van der Waals surface area (Å²) in [6.45, 7) is 4.02. The van der Waals surface area contributed by atoms with Gasteiger partial charge in [0.25, 0.3) is 5.91 Å². The van der Waals surface area contributed by atoms with Gasteiger partial charge in [0.2, 0.25) is 5.01 Å². The first-order chi connectivity index (χ1) is 8.04.